The zero-order valence-corrected chi connectivity index (χ0v) is 12.5. The Kier molecular flexibility index (Phi) is 4.20. The maximum atomic E-state index is 12.7. The Balaban J connectivity index is 1.56. The largest absolute Gasteiger partial charge is 0.493 e. The molecule has 3 rings (SSSR count). The summed E-state index contributed by atoms with van der Waals surface area (Å²) in [5, 5.41) is 0. The molecule has 5 heteroatoms. The topological polar surface area (TPSA) is 18.5 Å². The fraction of sp³-hybridized carbons (Fsp3) is 0.333. The van der Waals surface area contributed by atoms with Crippen LogP contribution in [-0.2, 0) is 6.18 Å². The van der Waals surface area contributed by atoms with Crippen LogP contribution in [-0.4, -0.2) is 13.2 Å². The molecule has 1 fully saturated rings. The van der Waals surface area contributed by atoms with Gasteiger partial charge in [-0.05, 0) is 43.2 Å². The molecule has 2 nitrogen and oxygen atoms in total. The smallest absolute Gasteiger partial charge is 0.416 e. The number of para-hydroxylation sites is 1. The summed E-state index contributed by atoms with van der Waals surface area (Å²) < 4.78 is 49.4. The predicted octanol–water partition coefficient (Wildman–Crippen LogP) is 4.94. The maximum absolute atomic E-state index is 12.7. The molecule has 0 heterocycles. The van der Waals surface area contributed by atoms with Crippen LogP contribution in [0.5, 0.6) is 11.5 Å². The van der Waals surface area contributed by atoms with E-state index >= 15 is 0 Å². The van der Waals surface area contributed by atoms with E-state index in [1.165, 1.54) is 6.07 Å². The summed E-state index contributed by atoms with van der Waals surface area (Å²) in [6.45, 7) is 0.872. The van der Waals surface area contributed by atoms with Crippen LogP contribution in [0.15, 0.2) is 54.6 Å². The molecule has 0 spiro atoms. The van der Waals surface area contributed by atoms with Gasteiger partial charge in [-0.15, -0.1) is 0 Å². The van der Waals surface area contributed by atoms with Crippen LogP contribution in [0.4, 0.5) is 13.2 Å². The van der Waals surface area contributed by atoms with Crippen LogP contribution in [0.3, 0.4) is 0 Å². The van der Waals surface area contributed by atoms with Crippen LogP contribution in [0.25, 0.3) is 0 Å². The van der Waals surface area contributed by atoms with Gasteiger partial charge in [0, 0.05) is 5.41 Å². The van der Waals surface area contributed by atoms with Gasteiger partial charge in [-0.25, -0.2) is 0 Å². The molecule has 1 saturated carbocycles. The molecule has 2 aromatic rings. The van der Waals surface area contributed by atoms with Crippen molar-refractivity contribution < 1.29 is 22.6 Å². The normalized spacial score (nSPS) is 16.0. The summed E-state index contributed by atoms with van der Waals surface area (Å²) in [4.78, 5) is 0. The number of alkyl halides is 3. The summed E-state index contributed by atoms with van der Waals surface area (Å²) in [5.41, 5.74) is -0.787. The van der Waals surface area contributed by atoms with E-state index in [0.717, 1.165) is 30.7 Å². The minimum absolute atomic E-state index is 0.0932. The highest BCUT2D eigenvalue weighted by Gasteiger charge is 2.44. The van der Waals surface area contributed by atoms with Crippen molar-refractivity contribution in [2.75, 3.05) is 13.2 Å². The highest BCUT2D eigenvalue weighted by molar-refractivity contribution is 5.30. The molecule has 23 heavy (non-hydrogen) atoms. The van der Waals surface area contributed by atoms with E-state index in [1.54, 1.807) is 6.07 Å². The van der Waals surface area contributed by atoms with Crippen molar-refractivity contribution in [2.45, 2.75) is 19.0 Å². The van der Waals surface area contributed by atoms with Crippen LogP contribution in [0.1, 0.15) is 18.4 Å². The fourth-order valence-corrected chi connectivity index (χ4v) is 2.26. The first kappa shape index (κ1) is 15.7. The number of hydrogen-bond donors (Lipinski definition) is 0. The monoisotopic (exact) mass is 322 g/mol. The van der Waals surface area contributed by atoms with Gasteiger partial charge in [0.05, 0.1) is 18.8 Å². The average molecular weight is 322 g/mol. The third kappa shape index (κ3) is 4.18. The summed E-state index contributed by atoms with van der Waals surface area (Å²) in [7, 11) is 0. The first-order valence-corrected chi connectivity index (χ1v) is 7.45. The first-order chi connectivity index (χ1) is 11.0. The van der Waals surface area contributed by atoms with Gasteiger partial charge in [-0.3, -0.25) is 0 Å². The minimum Gasteiger partial charge on any atom is -0.493 e. The van der Waals surface area contributed by atoms with Crippen LogP contribution in [0.2, 0.25) is 0 Å². The Bertz CT molecular complexity index is 649. The minimum atomic E-state index is -4.35. The lowest BCUT2D eigenvalue weighted by molar-refractivity contribution is -0.137. The van der Waals surface area contributed by atoms with Gasteiger partial charge in [0.25, 0.3) is 0 Å². The molecule has 0 saturated heterocycles. The second-order valence-electron chi connectivity index (χ2n) is 5.92. The Hall–Kier alpha value is -2.17. The van der Waals surface area contributed by atoms with Crippen LogP contribution in [0, 0.1) is 5.41 Å². The van der Waals surface area contributed by atoms with Gasteiger partial charge in [0.15, 0.2) is 0 Å². The quantitative estimate of drug-likeness (QED) is 0.750. The fourth-order valence-electron chi connectivity index (χ4n) is 2.26. The van der Waals surface area contributed by atoms with E-state index in [1.807, 2.05) is 30.3 Å². The predicted molar refractivity (Wildman–Crippen MR) is 80.5 cm³/mol. The zero-order valence-electron chi connectivity index (χ0n) is 12.5. The Labute approximate surface area is 132 Å². The van der Waals surface area contributed by atoms with Gasteiger partial charge in [-0.2, -0.15) is 13.2 Å². The molecule has 0 aliphatic heterocycles. The number of rotatable bonds is 6. The van der Waals surface area contributed by atoms with Crippen LogP contribution < -0.4 is 9.47 Å². The highest BCUT2D eigenvalue weighted by Crippen LogP contribution is 2.46. The lowest BCUT2D eigenvalue weighted by Crippen LogP contribution is -2.21. The maximum Gasteiger partial charge on any atom is 0.416 e. The van der Waals surface area contributed by atoms with E-state index in [2.05, 4.69) is 0 Å². The molecular formula is C18H17F3O2. The summed E-state index contributed by atoms with van der Waals surface area (Å²) in [6, 6.07) is 14.4. The third-order valence-electron chi connectivity index (χ3n) is 3.95. The Morgan fingerprint density at radius 3 is 2.04 bits per heavy atom. The SMILES string of the molecule is FC(F)(F)c1cccc(OCC2(COc3ccccc3)CC2)c1. The van der Waals surface area contributed by atoms with Crippen LogP contribution >= 0.6 is 0 Å². The molecule has 0 unspecified atom stereocenters. The first-order valence-electron chi connectivity index (χ1n) is 7.45. The molecule has 1 aliphatic carbocycles. The van der Waals surface area contributed by atoms with Gasteiger partial charge < -0.3 is 9.47 Å². The molecule has 0 N–H and O–H groups in total. The van der Waals surface area contributed by atoms with Crippen molar-refractivity contribution in [2.24, 2.45) is 5.41 Å². The lowest BCUT2D eigenvalue weighted by Gasteiger charge is -2.18. The molecule has 0 radical (unpaired) electrons. The van der Waals surface area contributed by atoms with Crippen molar-refractivity contribution in [3.63, 3.8) is 0 Å². The number of hydrogen-bond acceptors (Lipinski definition) is 2. The van der Waals surface area contributed by atoms with Crippen molar-refractivity contribution in [3.05, 3.63) is 60.2 Å². The van der Waals surface area contributed by atoms with Gasteiger partial charge in [0.1, 0.15) is 11.5 Å². The highest BCUT2D eigenvalue weighted by atomic mass is 19.4. The molecule has 1 aliphatic rings. The average Bonchev–Trinajstić information content (AvgIpc) is 3.32. The van der Waals surface area contributed by atoms with Crippen molar-refractivity contribution in [1.82, 2.24) is 0 Å². The summed E-state index contributed by atoms with van der Waals surface area (Å²) >= 11 is 0. The van der Waals surface area contributed by atoms with E-state index in [-0.39, 0.29) is 11.2 Å². The zero-order chi connectivity index (χ0) is 16.3. The van der Waals surface area contributed by atoms with E-state index in [9.17, 15) is 13.2 Å². The van der Waals surface area contributed by atoms with Crippen molar-refractivity contribution >= 4 is 0 Å². The van der Waals surface area contributed by atoms with E-state index < -0.39 is 11.7 Å². The second kappa shape index (κ2) is 6.14. The molecule has 122 valence electrons. The molecular weight excluding hydrogens is 305 g/mol. The van der Waals surface area contributed by atoms with Crippen molar-refractivity contribution in [1.29, 1.82) is 0 Å². The molecule has 0 aromatic heterocycles. The standard InChI is InChI=1S/C18H17F3O2/c19-18(20,21)14-5-4-8-16(11-14)23-13-17(9-10-17)12-22-15-6-2-1-3-7-15/h1-8,11H,9-10,12-13H2. The van der Waals surface area contributed by atoms with Crippen molar-refractivity contribution in [3.8, 4) is 11.5 Å². The molecule has 2 aromatic carbocycles. The Morgan fingerprint density at radius 2 is 1.43 bits per heavy atom. The summed E-state index contributed by atoms with van der Waals surface area (Å²) in [5.74, 6) is 1.03. The molecule has 0 atom stereocenters. The molecule has 0 bridgehead atoms. The van der Waals surface area contributed by atoms with E-state index in [4.69, 9.17) is 9.47 Å². The number of benzene rings is 2. The summed E-state index contributed by atoms with van der Waals surface area (Å²) in [6.07, 6.45) is -2.44. The van der Waals surface area contributed by atoms with Gasteiger partial charge in [0.2, 0.25) is 0 Å². The second-order valence-corrected chi connectivity index (χ2v) is 5.92. The third-order valence-corrected chi connectivity index (χ3v) is 3.95. The number of ether oxygens (including phenoxy) is 2. The molecule has 0 amide bonds. The van der Waals surface area contributed by atoms with Gasteiger partial charge >= 0.3 is 6.18 Å². The number of halogens is 3. The lowest BCUT2D eigenvalue weighted by atomic mass is 10.1. The van der Waals surface area contributed by atoms with E-state index in [0.29, 0.717) is 13.2 Å². The van der Waals surface area contributed by atoms with Gasteiger partial charge in [-0.1, -0.05) is 24.3 Å². The Morgan fingerprint density at radius 1 is 0.826 bits per heavy atom.